The maximum Gasteiger partial charge on any atom is 0.136 e. The number of halogens is 2. The molecule has 0 bridgehead atoms. The lowest BCUT2D eigenvalue weighted by molar-refractivity contribution is 0.668. The summed E-state index contributed by atoms with van der Waals surface area (Å²) in [5.41, 5.74) is 17.8. The molecule has 16 rings (SSSR count). The molecule has 0 aliphatic heterocycles. The molecule has 0 saturated heterocycles. The zero-order valence-electron chi connectivity index (χ0n) is 41.6. The number of furan rings is 2. The fourth-order valence-corrected chi connectivity index (χ4v) is 14.0. The molecular weight excluding hydrogens is 1120 g/mol. The minimum Gasteiger partial charge on any atom is -0.456 e. The van der Waals surface area contributed by atoms with E-state index in [2.05, 4.69) is 262 Å². The van der Waals surface area contributed by atoms with Gasteiger partial charge in [0.1, 0.15) is 22.3 Å². The number of fused-ring (bicyclic) bond motifs is 12. The average Bonchev–Trinajstić information content (AvgIpc) is 4.40. The maximum atomic E-state index is 6.22. The number of hydrogen-bond donors (Lipinski definition) is 0. The lowest BCUT2D eigenvalue weighted by atomic mass is 9.92. The Bertz CT molecular complexity index is 4420. The molecule has 6 heteroatoms. The Kier molecular flexibility index (Phi) is 11.6. The van der Waals surface area contributed by atoms with Crippen LogP contribution in [0.5, 0.6) is 0 Å². The highest BCUT2D eigenvalue weighted by Crippen LogP contribution is 2.43. The highest BCUT2D eigenvalue weighted by molar-refractivity contribution is 9.10. The Hall–Kier alpha value is -8.36. The zero-order valence-corrected chi connectivity index (χ0v) is 46.4. The predicted molar refractivity (Wildman–Crippen MR) is 341 cm³/mol. The van der Waals surface area contributed by atoms with Crippen molar-refractivity contribution in [1.82, 2.24) is 0 Å². The third-order valence-electron chi connectivity index (χ3n) is 15.1. The molecule has 368 valence electrons. The van der Waals surface area contributed by atoms with Gasteiger partial charge < -0.3 is 8.83 Å². The molecule has 0 fully saturated rings. The SMILES string of the molecule is Brc1ccc(-c2cc(-c3ccc4c(c3)oc3ccccc34)cc(-c3ccc4c(c3)oc3ccccc34)c2)cc1.Brc1ccc(-c2cc(-c3ccc4c(c3)sc3ccccc34)cc(-c3ccc4c(c3)sc3ccccc34)c2)cc1. The number of benzene rings is 12. The minimum atomic E-state index is 0.896. The van der Waals surface area contributed by atoms with Crippen LogP contribution in [0.4, 0.5) is 0 Å². The van der Waals surface area contributed by atoms with Crippen LogP contribution >= 0.6 is 54.5 Å². The predicted octanol–water partition coefficient (Wildman–Crippen LogP) is 23.4. The molecule has 2 nitrogen and oxygen atoms in total. The molecule has 0 radical (unpaired) electrons. The van der Waals surface area contributed by atoms with Gasteiger partial charge in [0.15, 0.2) is 0 Å². The van der Waals surface area contributed by atoms with Gasteiger partial charge in [0.05, 0.1) is 0 Å². The van der Waals surface area contributed by atoms with Crippen molar-refractivity contribution in [3.63, 3.8) is 0 Å². The Morgan fingerprint density at radius 3 is 0.885 bits per heavy atom. The first-order valence-corrected chi connectivity index (χ1v) is 29.1. The van der Waals surface area contributed by atoms with Gasteiger partial charge in [-0.1, -0.05) is 165 Å². The van der Waals surface area contributed by atoms with E-state index in [1.165, 1.54) is 73.7 Å². The van der Waals surface area contributed by atoms with E-state index in [1.807, 2.05) is 46.9 Å². The quantitative estimate of drug-likeness (QED) is 0.166. The van der Waals surface area contributed by atoms with Crippen molar-refractivity contribution in [2.75, 3.05) is 0 Å². The van der Waals surface area contributed by atoms with Crippen molar-refractivity contribution < 1.29 is 8.83 Å². The molecule has 4 aromatic heterocycles. The molecule has 0 N–H and O–H groups in total. The van der Waals surface area contributed by atoms with E-state index in [0.29, 0.717) is 0 Å². The van der Waals surface area contributed by atoms with Crippen molar-refractivity contribution in [3.8, 4) is 66.8 Å². The van der Waals surface area contributed by atoms with Gasteiger partial charge in [-0.3, -0.25) is 0 Å². The summed E-state index contributed by atoms with van der Waals surface area (Å²) in [5, 5.41) is 9.89. The molecule has 0 saturated carbocycles. The van der Waals surface area contributed by atoms with Gasteiger partial charge in [-0.25, -0.2) is 0 Å². The zero-order chi connectivity index (χ0) is 51.8. The van der Waals surface area contributed by atoms with E-state index in [1.54, 1.807) is 0 Å². The summed E-state index contributed by atoms with van der Waals surface area (Å²) in [5.74, 6) is 0. The van der Waals surface area contributed by atoms with Crippen molar-refractivity contribution in [2.45, 2.75) is 0 Å². The molecule has 4 heterocycles. The van der Waals surface area contributed by atoms with E-state index in [4.69, 9.17) is 8.83 Å². The minimum absolute atomic E-state index is 0.896. The molecule has 16 aromatic rings. The van der Waals surface area contributed by atoms with Gasteiger partial charge in [0, 0.05) is 70.8 Å². The van der Waals surface area contributed by atoms with Gasteiger partial charge in [-0.05, 0) is 188 Å². The molecule has 0 aliphatic rings. The second-order valence-electron chi connectivity index (χ2n) is 19.8. The molecule has 78 heavy (non-hydrogen) atoms. The van der Waals surface area contributed by atoms with Gasteiger partial charge in [0.25, 0.3) is 0 Å². The summed E-state index contributed by atoms with van der Waals surface area (Å²) in [6, 6.07) is 91.6. The molecular formula is C72H42Br2O2S2. The largest absolute Gasteiger partial charge is 0.456 e. The summed E-state index contributed by atoms with van der Waals surface area (Å²) in [6.45, 7) is 0. The number of rotatable bonds is 6. The second kappa shape index (κ2) is 19.3. The third kappa shape index (κ3) is 8.53. The summed E-state index contributed by atoms with van der Waals surface area (Å²) in [4.78, 5) is 0. The Morgan fingerprint density at radius 1 is 0.205 bits per heavy atom. The standard InChI is InChI=1S/C36H21BrO2.C36H21BrS2/c2*37-28-13-9-22(10-14-28)25-17-26(23-11-15-31-29-5-1-3-7-33(29)38-35(31)20-23)19-27(18-25)24-12-16-32-30-6-2-4-8-34(30)39-36(32)21-24/h2*1-21H. The van der Waals surface area contributed by atoms with E-state index < -0.39 is 0 Å². The molecule has 0 spiro atoms. The topological polar surface area (TPSA) is 26.3 Å². The summed E-state index contributed by atoms with van der Waals surface area (Å²) < 4.78 is 19.9. The summed E-state index contributed by atoms with van der Waals surface area (Å²) in [7, 11) is 0. The van der Waals surface area contributed by atoms with Crippen LogP contribution in [-0.2, 0) is 0 Å². The monoisotopic (exact) mass is 1160 g/mol. The van der Waals surface area contributed by atoms with Gasteiger partial charge in [-0.2, -0.15) is 0 Å². The third-order valence-corrected chi connectivity index (χ3v) is 18.4. The van der Waals surface area contributed by atoms with E-state index in [0.717, 1.165) is 86.2 Å². The van der Waals surface area contributed by atoms with Crippen LogP contribution in [0, 0.1) is 0 Å². The first-order chi connectivity index (χ1) is 38.4. The fraction of sp³-hybridized carbons (Fsp3) is 0. The Balaban J connectivity index is 0.000000136. The molecule has 0 atom stereocenters. The van der Waals surface area contributed by atoms with Gasteiger partial charge >= 0.3 is 0 Å². The smallest absolute Gasteiger partial charge is 0.136 e. The van der Waals surface area contributed by atoms with E-state index in [-0.39, 0.29) is 0 Å². The van der Waals surface area contributed by atoms with Crippen molar-refractivity contribution in [1.29, 1.82) is 0 Å². The molecule has 12 aromatic carbocycles. The van der Waals surface area contributed by atoms with Crippen LogP contribution in [-0.4, -0.2) is 0 Å². The summed E-state index contributed by atoms with van der Waals surface area (Å²) >= 11 is 10.9. The van der Waals surface area contributed by atoms with Crippen molar-refractivity contribution in [3.05, 3.63) is 264 Å². The lowest BCUT2D eigenvalue weighted by Gasteiger charge is -2.12. The molecule has 0 aliphatic carbocycles. The van der Waals surface area contributed by atoms with Crippen LogP contribution in [0.3, 0.4) is 0 Å². The highest BCUT2D eigenvalue weighted by atomic mass is 79.9. The number of thiophene rings is 2. The van der Waals surface area contributed by atoms with Crippen LogP contribution in [0.1, 0.15) is 0 Å². The Labute approximate surface area is 474 Å². The van der Waals surface area contributed by atoms with Crippen LogP contribution in [0.25, 0.3) is 151 Å². The maximum absolute atomic E-state index is 6.22. The van der Waals surface area contributed by atoms with E-state index >= 15 is 0 Å². The van der Waals surface area contributed by atoms with Crippen LogP contribution in [0.15, 0.2) is 273 Å². The Morgan fingerprint density at radius 2 is 0.487 bits per heavy atom. The van der Waals surface area contributed by atoms with Gasteiger partial charge in [-0.15, -0.1) is 22.7 Å². The average molecular weight is 1160 g/mol. The van der Waals surface area contributed by atoms with Gasteiger partial charge in [0.2, 0.25) is 0 Å². The number of hydrogen-bond acceptors (Lipinski definition) is 4. The lowest BCUT2D eigenvalue weighted by Crippen LogP contribution is -1.86. The van der Waals surface area contributed by atoms with Crippen molar-refractivity contribution >= 4 is 139 Å². The first kappa shape index (κ1) is 46.9. The second-order valence-corrected chi connectivity index (χ2v) is 23.8. The van der Waals surface area contributed by atoms with Crippen molar-refractivity contribution in [2.24, 2.45) is 0 Å². The highest BCUT2D eigenvalue weighted by Gasteiger charge is 2.16. The normalized spacial score (nSPS) is 11.7. The first-order valence-electron chi connectivity index (χ1n) is 25.9. The molecule has 0 unspecified atom stereocenters. The van der Waals surface area contributed by atoms with Crippen LogP contribution < -0.4 is 0 Å². The molecule has 0 amide bonds. The van der Waals surface area contributed by atoms with Crippen LogP contribution in [0.2, 0.25) is 0 Å². The van der Waals surface area contributed by atoms with E-state index in [9.17, 15) is 0 Å². The fourth-order valence-electron chi connectivity index (χ4n) is 11.2. The number of para-hydroxylation sites is 2. The summed E-state index contributed by atoms with van der Waals surface area (Å²) in [6.07, 6.45) is 0.